The highest BCUT2D eigenvalue weighted by Gasteiger charge is 2.34. The zero-order chi connectivity index (χ0) is 21.2. The van der Waals surface area contributed by atoms with Gasteiger partial charge in [0.2, 0.25) is 0 Å². The second kappa shape index (κ2) is 7.49. The molecule has 0 saturated carbocycles. The molecule has 0 aliphatic carbocycles. The first-order valence-corrected chi connectivity index (χ1v) is 8.04. The molecule has 3 rings (SSSR count). The lowest BCUT2D eigenvalue weighted by Crippen LogP contribution is -2.12. The van der Waals surface area contributed by atoms with Crippen LogP contribution in [0, 0.1) is 0 Å². The summed E-state index contributed by atoms with van der Waals surface area (Å²) in [6.45, 7) is 0. The van der Waals surface area contributed by atoms with E-state index in [4.69, 9.17) is 5.73 Å². The summed E-state index contributed by atoms with van der Waals surface area (Å²) in [6.07, 6.45) is -8.29. The number of nitrogens with zero attached hydrogens (tertiary/aromatic N) is 2. The van der Waals surface area contributed by atoms with Crippen molar-refractivity contribution in [1.29, 1.82) is 0 Å². The average molecular weight is 413 g/mol. The molecular formula is C18H13F6N5. The number of para-hydroxylation sites is 2. The van der Waals surface area contributed by atoms with Gasteiger partial charge in [0, 0.05) is 0 Å². The molecule has 29 heavy (non-hydrogen) atoms. The second-order valence-electron chi connectivity index (χ2n) is 5.82. The fourth-order valence-corrected chi connectivity index (χ4v) is 2.53. The number of nitrogen functional groups attached to an aromatic ring is 1. The molecule has 0 unspecified atom stereocenters. The van der Waals surface area contributed by atoms with Gasteiger partial charge in [-0.3, -0.25) is 0 Å². The standard InChI is InChI=1S/C18H13F6N5/c19-17(20,21)10-5-1-3-7-12(10)28-15-14(25)16(27-9-26-15)29-13-8-4-2-6-11(13)18(22,23)24/h1-9H,25H2,(H2,26,27,28,29). The van der Waals surface area contributed by atoms with Gasteiger partial charge < -0.3 is 16.4 Å². The molecule has 0 saturated heterocycles. The molecule has 0 bridgehead atoms. The molecular weight excluding hydrogens is 400 g/mol. The number of nitrogens with two attached hydrogens (primary N) is 1. The van der Waals surface area contributed by atoms with Crippen molar-refractivity contribution < 1.29 is 26.3 Å². The number of nitrogens with one attached hydrogen (secondary N) is 2. The highest BCUT2D eigenvalue weighted by Crippen LogP contribution is 2.39. The summed E-state index contributed by atoms with van der Waals surface area (Å²) in [5.74, 6) is -0.382. The smallest absolute Gasteiger partial charge is 0.393 e. The first-order chi connectivity index (χ1) is 13.6. The highest BCUT2D eigenvalue weighted by molar-refractivity contribution is 5.81. The lowest BCUT2D eigenvalue weighted by Gasteiger charge is -2.17. The predicted molar refractivity (Wildman–Crippen MR) is 95.9 cm³/mol. The summed E-state index contributed by atoms with van der Waals surface area (Å²) >= 11 is 0. The molecule has 0 amide bonds. The van der Waals surface area contributed by atoms with Gasteiger partial charge in [-0.25, -0.2) is 9.97 Å². The van der Waals surface area contributed by atoms with Crippen molar-refractivity contribution in [2.75, 3.05) is 16.4 Å². The fourth-order valence-electron chi connectivity index (χ4n) is 2.53. The Morgan fingerprint density at radius 1 is 0.655 bits per heavy atom. The highest BCUT2D eigenvalue weighted by atomic mass is 19.4. The third-order valence-corrected chi connectivity index (χ3v) is 3.85. The molecule has 1 heterocycles. The maximum atomic E-state index is 13.2. The predicted octanol–water partition coefficient (Wildman–Crippen LogP) is 5.58. The Kier molecular flexibility index (Phi) is 5.23. The van der Waals surface area contributed by atoms with Crippen LogP contribution < -0.4 is 16.4 Å². The van der Waals surface area contributed by atoms with E-state index >= 15 is 0 Å². The molecule has 0 aliphatic rings. The molecule has 0 fully saturated rings. The van der Waals surface area contributed by atoms with Gasteiger partial charge in [-0.2, -0.15) is 26.3 Å². The number of hydrogen-bond donors (Lipinski definition) is 3. The van der Waals surface area contributed by atoms with Crippen LogP contribution in [0.2, 0.25) is 0 Å². The molecule has 4 N–H and O–H groups in total. The number of rotatable bonds is 4. The van der Waals surface area contributed by atoms with Crippen LogP contribution in [0.15, 0.2) is 54.9 Å². The number of halogens is 6. The normalized spacial score (nSPS) is 11.9. The van der Waals surface area contributed by atoms with Crippen molar-refractivity contribution in [3.8, 4) is 0 Å². The number of benzene rings is 2. The molecule has 1 aromatic heterocycles. The van der Waals surface area contributed by atoms with Crippen molar-refractivity contribution in [2.24, 2.45) is 0 Å². The van der Waals surface area contributed by atoms with E-state index in [-0.39, 0.29) is 28.7 Å². The van der Waals surface area contributed by atoms with E-state index < -0.39 is 23.5 Å². The molecule has 3 aromatic rings. The van der Waals surface area contributed by atoms with Gasteiger partial charge in [0.15, 0.2) is 11.6 Å². The van der Waals surface area contributed by atoms with Gasteiger partial charge in [0.1, 0.15) is 12.0 Å². The zero-order valence-corrected chi connectivity index (χ0v) is 14.4. The molecule has 152 valence electrons. The first kappa shape index (κ1) is 20.2. The van der Waals surface area contributed by atoms with E-state index in [2.05, 4.69) is 20.6 Å². The Labute approximate surface area is 160 Å². The minimum Gasteiger partial charge on any atom is -0.393 e. The van der Waals surface area contributed by atoms with Gasteiger partial charge in [0.25, 0.3) is 0 Å². The van der Waals surface area contributed by atoms with Crippen molar-refractivity contribution in [3.05, 3.63) is 66.0 Å². The average Bonchev–Trinajstić information content (AvgIpc) is 2.64. The Hall–Kier alpha value is -3.50. The summed E-state index contributed by atoms with van der Waals surface area (Å²) in [5, 5.41) is 4.92. The number of anilines is 5. The lowest BCUT2D eigenvalue weighted by atomic mass is 10.1. The van der Waals surface area contributed by atoms with E-state index in [0.29, 0.717) is 0 Å². The molecule has 11 heteroatoms. The molecule has 0 aliphatic heterocycles. The first-order valence-electron chi connectivity index (χ1n) is 8.04. The van der Waals surface area contributed by atoms with Gasteiger partial charge in [0.05, 0.1) is 22.5 Å². The van der Waals surface area contributed by atoms with Gasteiger partial charge >= 0.3 is 12.4 Å². The Balaban J connectivity index is 1.95. The van der Waals surface area contributed by atoms with E-state index in [0.717, 1.165) is 18.5 Å². The Morgan fingerprint density at radius 3 is 1.41 bits per heavy atom. The molecule has 0 radical (unpaired) electrons. The topological polar surface area (TPSA) is 75.9 Å². The van der Waals surface area contributed by atoms with Crippen LogP contribution in [0.3, 0.4) is 0 Å². The SMILES string of the molecule is Nc1c(Nc2ccccc2C(F)(F)F)ncnc1Nc1ccccc1C(F)(F)F. The second-order valence-corrected chi connectivity index (χ2v) is 5.82. The summed E-state index contributed by atoms with van der Waals surface area (Å²) in [5.41, 5.74) is 3.11. The van der Waals surface area contributed by atoms with Crippen LogP contribution >= 0.6 is 0 Å². The third kappa shape index (κ3) is 4.50. The number of hydrogen-bond acceptors (Lipinski definition) is 5. The third-order valence-electron chi connectivity index (χ3n) is 3.85. The van der Waals surface area contributed by atoms with E-state index in [1.807, 2.05) is 0 Å². The number of aromatic nitrogens is 2. The fraction of sp³-hybridized carbons (Fsp3) is 0.111. The van der Waals surface area contributed by atoms with Gasteiger partial charge in [-0.1, -0.05) is 24.3 Å². The molecule has 2 aromatic carbocycles. The van der Waals surface area contributed by atoms with E-state index in [9.17, 15) is 26.3 Å². The molecule has 5 nitrogen and oxygen atoms in total. The van der Waals surface area contributed by atoms with Crippen molar-refractivity contribution >= 4 is 28.7 Å². The minimum atomic E-state index is -4.63. The maximum absolute atomic E-state index is 13.2. The van der Waals surface area contributed by atoms with E-state index in [1.165, 1.54) is 36.4 Å². The van der Waals surface area contributed by atoms with Crippen LogP contribution in [0.1, 0.15) is 11.1 Å². The molecule has 0 spiro atoms. The van der Waals surface area contributed by atoms with Crippen LogP contribution in [0.5, 0.6) is 0 Å². The summed E-state index contributed by atoms with van der Waals surface area (Å²) in [6, 6.07) is 9.31. The summed E-state index contributed by atoms with van der Waals surface area (Å²) in [7, 11) is 0. The van der Waals surface area contributed by atoms with E-state index in [1.54, 1.807) is 0 Å². The number of alkyl halides is 6. The van der Waals surface area contributed by atoms with Crippen LogP contribution in [-0.4, -0.2) is 9.97 Å². The quantitative estimate of drug-likeness (QED) is 0.487. The summed E-state index contributed by atoms with van der Waals surface area (Å²) < 4.78 is 78.9. The maximum Gasteiger partial charge on any atom is 0.418 e. The Morgan fingerprint density at radius 2 is 1.03 bits per heavy atom. The van der Waals surface area contributed by atoms with Crippen molar-refractivity contribution in [3.63, 3.8) is 0 Å². The largest absolute Gasteiger partial charge is 0.418 e. The zero-order valence-electron chi connectivity index (χ0n) is 14.4. The van der Waals surface area contributed by atoms with Crippen LogP contribution in [0.25, 0.3) is 0 Å². The monoisotopic (exact) mass is 413 g/mol. The van der Waals surface area contributed by atoms with Gasteiger partial charge in [-0.05, 0) is 24.3 Å². The van der Waals surface area contributed by atoms with Crippen molar-refractivity contribution in [2.45, 2.75) is 12.4 Å². The lowest BCUT2D eigenvalue weighted by molar-refractivity contribution is -0.137. The van der Waals surface area contributed by atoms with Gasteiger partial charge in [-0.15, -0.1) is 0 Å². The van der Waals surface area contributed by atoms with Crippen LogP contribution in [0.4, 0.5) is 55.0 Å². The summed E-state index contributed by atoms with van der Waals surface area (Å²) in [4.78, 5) is 7.59. The Bertz CT molecular complexity index is 938. The minimum absolute atomic E-state index is 0.191. The molecule has 0 atom stereocenters. The van der Waals surface area contributed by atoms with Crippen LogP contribution in [-0.2, 0) is 12.4 Å². The van der Waals surface area contributed by atoms with Crippen molar-refractivity contribution in [1.82, 2.24) is 9.97 Å².